The highest BCUT2D eigenvalue weighted by atomic mass is 16.1. The molecule has 1 aromatic carbocycles. The minimum absolute atomic E-state index is 0.413. The van der Waals surface area contributed by atoms with E-state index in [9.17, 15) is 4.79 Å². The lowest BCUT2D eigenvalue weighted by Crippen LogP contribution is -2.24. The Morgan fingerprint density at radius 1 is 1.43 bits per heavy atom. The lowest BCUT2D eigenvalue weighted by molar-refractivity contribution is -0.113. The molecular weight excluding hydrogens is 176 g/mol. The number of benzene rings is 1. The zero-order chi connectivity index (χ0) is 9.97. The van der Waals surface area contributed by atoms with E-state index in [-0.39, 0.29) is 0 Å². The summed E-state index contributed by atoms with van der Waals surface area (Å²) in [5.41, 5.74) is 8.30. The van der Waals surface area contributed by atoms with Crippen LogP contribution in [0.1, 0.15) is 11.1 Å². The Hall–Kier alpha value is -1.77. The second kappa shape index (κ2) is 3.54. The third-order valence-electron chi connectivity index (χ3n) is 2.30. The van der Waals surface area contributed by atoms with Crippen LogP contribution in [0.2, 0.25) is 0 Å². The standard InChI is InChI=1S/C11H12N2O/c12-11(14)7-10-9-4-2-1-3-8(9)5-6-13-10/h1-4,7,13H,5-6H2,(H2,12,14). The van der Waals surface area contributed by atoms with Gasteiger partial charge in [0.15, 0.2) is 0 Å². The van der Waals surface area contributed by atoms with Gasteiger partial charge in [-0.05, 0) is 12.0 Å². The van der Waals surface area contributed by atoms with Crippen LogP contribution in [0.25, 0.3) is 5.70 Å². The molecule has 0 aromatic heterocycles. The molecule has 0 bridgehead atoms. The van der Waals surface area contributed by atoms with Gasteiger partial charge >= 0.3 is 0 Å². The molecule has 2 rings (SSSR count). The molecule has 0 saturated carbocycles. The number of nitrogens with one attached hydrogen (secondary N) is 1. The normalized spacial score (nSPS) is 17.3. The van der Waals surface area contributed by atoms with Crippen molar-refractivity contribution in [3.8, 4) is 0 Å². The minimum atomic E-state index is -0.413. The summed E-state index contributed by atoms with van der Waals surface area (Å²) < 4.78 is 0. The van der Waals surface area contributed by atoms with E-state index >= 15 is 0 Å². The average molecular weight is 188 g/mol. The van der Waals surface area contributed by atoms with E-state index < -0.39 is 5.91 Å². The fourth-order valence-electron chi connectivity index (χ4n) is 1.70. The molecule has 0 fully saturated rings. The topological polar surface area (TPSA) is 55.1 Å². The van der Waals surface area contributed by atoms with Crippen molar-refractivity contribution in [1.29, 1.82) is 0 Å². The van der Waals surface area contributed by atoms with Crippen molar-refractivity contribution < 1.29 is 4.79 Å². The van der Waals surface area contributed by atoms with E-state index in [1.165, 1.54) is 11.6 Å². The molecule has 1 aliphatic rings. The van der Waals surface area contributed by atoms with Gasteiger partial charge in [0.2, 0.25) is 5.91 Å². The SMILES string of the molecule is NC(=O)C=C1NCCc2ccccc21. The largest absolute Gasteiger partial charge is 0.384 e. The molecule has 14 heavy (non-hydrogen) atoms. The van der Waals surface area contributed by atoms with Crippen LogP contribution in [-0.2, 0) is 11.2 Å². The average Bonchev–Trinajstić information content (AvgIpc) is 2.18. The summed E-state index contributed by atoms with van der Waals surface area (Å²) in [4.78, 5) is 10.8. The summed E-state index contributed by atoms with van der Waals surface area (Å²) >= 11 is 0. The highest BCUT2D eigenvalue weighted by Crippen LogP contribution is 2.20. The Morgan fingerprint density at radius 3 is 3.00 bits per heavy atom. The number of nitrogens with two attached hydrogens (primary N) is 1. The Bertz CT molecular complexity index is 396. The quantitative estimate of drug-likeness (QED) is 0.636. The molecule has 0 aliphatic carbocycles. The fraction of sp³-hybridized carbons (Fsp3) is 0.182. The van der Waals surface area contributed by atoms with E-state index in [0.717, 1.165) is 24.2 Å². The van der Waals surface area contributed by atoms with Crippen molar-refractivity contribution in [2.45, 2.75) is 6.42 Å². The van der Waals surface area contributed by atoms with Gasteiger partial charge in [0, 0.05) is 23.9 Å². The molecule has 1 aromatic rings. The summed E-state index contributed by atoms with van der Waals surface area (Å²) in [5, 5.41) is 3.17. The smallest absolute Gasteiger partial charge is 0.243 e. The van der Waals surface area contributed by atoms with Gasteiger partial charge in [-0.3, -0.25) is 4.79 Å². The van der Waals surface area contributed by atoms with Crippen molar-refractivity contribution in [3.05, 3.63) is 41.5 Å². The number of carbonyl (C=O) groups is 1. The third-order valence-corrected chi connectivity index (χ3v) is 2.30. The zero-order valence-corrected chi connectivity index (χ0v) is 7.79. The molecule has 0 spiro atoms. The molecule has 0 atom stereocenters. The summed E-state index contributed by atoms with van der Waals surface area (Å²) in [6.45, 7) is 0.857. The summed E-state index contributed by atoms with van der Waals surface area (Å²) in [5.74, 6) is -0.413. The van der Waals surface area contributed by atoms with E-state index in [4.69, 9.17) is 5.73 Å². The van der Waals surface area contributed by atoms with Crippen LogP contribution in [0.3, 0.4) is 0 Å². The minimum Gasteiger partial charge on any atom is -0.384 e. The molecule has 1 heterocycles. The molecule has 1 aliphatic heterocycles. The van der Waals surface area contributed by atoms with Crippen LogP contribution in [0, 0.1) is 0 Å². The second-order valence-corrected chi connectivity index (χ2v) is 3.29. The number of primary amides is 1. The van der Waals surface area contributed by atoms with Gasteiger partial charge in [-0.15, -0.1) is 0 Å². The number of carbonyl (C=O) groups excluding carboxylic acids is 1. The van der Waals surface area contributed by atoms with Crippen molar-refractivity contribution in [2.75, 3.05) is 6.54 Å². The predicted octanol–water partition coefficient (Wildman–Crippen LogP) is 0.658. The van der Waals surface area contributed by atoms with Gasteiger partial charge < -0.3 is 11.1 Å². The van der Waals surface area contributed by atoms with Crippen LogP contribution in [0.5, 0.6) is 0 Å². The Balaban J connectivity index is 2.45. The first kappa shape index (κ1) is 8.81. The van der Waals surface area contributed by atoms with Gasteiger partial charge in [-0.25, -0.2) is 0 Å². The molecule has 3 nitrogen and oxygen atoms in total. The van der Waals surface area contributed by atoms with Crippen LogP contribution in [0.15, 0.2) is 30.3 Å². The predicted molar refractivity (Wildman–Crippen MR) is 55.3 cm³/mol. The molecule has 0 saturated heterocycles. The number of fused-ring (bicyclic) bond motifs is 1. The van der Waals surface area contributed by atoms with Gasteiger partial charge in [0.05, 0.1) is 0 Å². The highest BCUT2D eigenvalue weighted by Gasteiger charge is 2.12. The van der Waals surface area contributed by atoms with E-state index in [1.54, 1.807) is 0 Å². The lowest BCUT2D eigenvalue weighted by atomic mass is 9.98. The first-order valence-electron chi connectivity index (χ1n) is 4.60. The number of rotatable bonds is 1. The summed E-state index contributed by atoms with van der Waals surface area (Å²) in [6, 6.07) is 8.04. The number of hydrogen-bond acceptors (Lipinski definition) is 2. The Kier molecular flexibility index (Phi) is 2.23. The van der Waals surface area contributed by atoms with Crippen LogP contribution < -0.4 is 11.1 Å². The van der Waals surface area contributed by atoms with Crippen molar-refractivity contribution in [3.63, 3.8) is 0 Å². The van der Waals surface area contributed by atoms with Gasteiger partial charge in [0.25, 0.3) is 0 Å². The van der Waals surface area contributed by atoms with Crippen molar-refractivity contribution in [1.82, 2.24) is 5.32 Å². The van der Waals surface area contributed by atoms with Crippen molar-refractivity contribution >= 4 is 11.6 Å². The molecule has 1 amide bonds. The molecular formula is C11H12N2O. The van der Waals surface area contributed by atoms with Gasteiger partial charge in [0.1, 0.15) is 0 Å². The van der Waals surface area contributed by atoms with E-state index in [1.807, 2.05) is 18.2 Å². The maximum absolute atomic E-state index is 10.8. The highest BCUT2D eigenvalue weighted by molar-refractivity contribution is 5.94. The fourth-order valence-corrected chi connectivity index (χ4v) is 1.70. The summed E-state index contributed by atoms with van der Waals surface area (Å²) in [6.07, 6.45) is 2.43. The van der Waals surface area contributed by atoms with Gasteiger partial charge in [-0.1, -0.05) is 24.3 Å². The van der Waals surface area contributed by atoms with Gasteiger partial charge in [-0.2, -0.15) is 0 Å². The Morgan fingerprint density at radius 2 is 2.21 bits per heavy atom. The number of amides is 1. The van der Waals surface area contributed by atoms with E-state index in [0.29, 0.717) is 0 Å². The Labute approximate surface area is 82.6 Å². The van der Waals surface area contributed by atoms with Crippen LogP contribution in [-0.4, -0.2) is 12.5 Å². The maximum Gasteiger partial charge on any atom is 0.243 e. The molecule has 3 N–H and O–H groups in total. The third kappa shape index (κ3) is 1.62. The van der Waals surface area contributed by atoms with Crippen LogP contribution in [0.4, 0.5) is 0 Å². The maximum atomic E-state index is 10.8. The molecule has 0 radical (unpaired) electrons. The second-order valence-electron chi connectivity index (χ2n) is 3.29. The van der Waals surface area contributed by atoms with E-state index in [2.05, 4.69) is 11.4 Å². The first-order valence-corrected chi connectivity index (χ1v) is 4.60. The summed E-state index contributed by atoms with van der Waals surface area (Å²) in [7, 11) is 0. The van der Waals surface area contributed by atoms with Crippen molar-refractivity contribution in [2.24, 2.45) is 5.73 Å². The molecule has 3 heteroatoms. The first-order chi connectivity index (χ1) is 6.77. The molecule has 72 valence electrons. The molecule has 0 unspecified atom stereocenters. The lowest BCUT2D eigenvalue weighted by Gasteiger charge is -2.20. The number of hydrogen-bond donors (Lipinski definition) is 2. The van der Waals surface area contributed by atoms with Crippen LogP contribution >= 0.6 is 0 Å². The monoisotopic (exact) mass is 188 g/mol. The zero-order valence-electron chi connectivity index (χ0n) is 7.79.